The van der Waals surface area contributed by atoms with E-state index in [0.717, 1.165) is 0 Å². The molecule has 6 heterocycles. The van der Waals surface area contributed by atoms with Crippen LogP contribution in [0.5, 0.6) is 0 Å². The molecule has 29 aromatic rings. The molecule has 0 aliphatic heterocycles. The second-order valence-corrected chi connectivity index (χ2v) is 35.2. The molecule has 0 unspecified atom stereocenters. The first kappa shape index (κ1) is 76.2. The summed E-state index contributed by atoms with van der Waals surface area (Å²) in [4.78, 5) is 0. The van der Waals surface area contributed by atoms with Gasteiger partial charge < -0.3 is 27.4 Å². The standard InChI is InChI=1S/2C44H28N2.C40H26N2/c1-3-13-31-27-33(25-23-29(31)11-1)45-39-19-7-5-15-37(39)43-35(17-9-21-41(43)45)36-18-10-22-42-44(36)38-16-6-8-20-40(38)46(42)34-26-24-30-12-2-4-14-32(30)28-34;1-2-15-30(16-3-1)45-38-24-10-8-20-36(38)43-34(22-12-26-40(43)45)35-23-13-27-41-44(35)37-21-9-11-25-39(37)46(41)42-28-29-14-4-5-17-31(29)32-18-6-7-19-33(32)42;1-2-14-29(15-3-1)41-35-20-8-6-16-33(35)39-31(18-10-22-37(39)41)32-19-11-23-38-40(32)34-17-7-9-21-36(34)42(38)30-25-24-27-12-4-5-13-28(27)26-30/h2*1-28H;1-26H. The molecular formula is C128H82N6. The van der Waals surface area contributed by atoms with Gasteiger partial charge in [-0.3, -0.25) is 0 Å². The Morgan fingerprint density at radius 3 is 0.612 bits per heavy atom. The van der Waals surface area contributed by atoms with Gasteiger partial charge in [-0.15, -0.1) is 0 Å². The molecule has 0 saturated heterocycles. The first-order chi connectivity index (χ1) is 66.6. The summed E-state index contributed by atoms with van der Waals surface area (Å²) >= 11 is 0. The SMILES string of the molecule is c1ccc(-n2c3ccccc3c3c(-c4cccc5c4c4ccccc4n5-c4cc5ccccc5c5ccccc45)cccc32)cc1.c1ccc(-n2c3ccccc3c3c(-c4cccc5c4c4ccccc4n5-c4ccc5ccccc5c4)cccc32)cc1.c1ccc2cc(-n3c4ccccc4c4c(-c5cccc6c5c5ccccc5n6-c5ccc6ccccc6c5)cccc43)ccc2c1. The van der Waals surface area contributed by atoms with Crippen molar-refractivity contribution in [1.82, 2.24) is 27.4 Å². The second kappa shape index (κ2) is 31.0. The molecule has 0 fully saturated rings. The minimum Gasteiger partial charge on any atom is -0.309 e. The van der Waals surface area contributed by atoms with E-state index >= 15 is 0 Å². The molecule has 0 atom stereocenters. The predicted molar refractivity (Wildman–Crippen MR) is 569 cm³/mol. The lowest BCUT2D eigenvalue weighted by Gasteiger charge is -2.14. The highest BCUT2D eigenvalue weighted by atomic mass is 15.0. The highest BCUT2D eigenvalue weighted by molar-refractivity contribution is 6.27. The van der Waals surface area contributed by atoms with Crippen LogP contribution in [0.4, 0.5) is 0 Å². The molecule has 0 radical (unpaired) electrons. The van der Waals surface area contributed by atoms with Gasteiger partial charge in [0.25, 0.3) is 0 Å². The van der Waals surface area contributed by atoms with Gasteiger partial charge in [-0.25, -0.2) is 0 Å². The number of nitrogens with zero attached hydrogens (tertiary/aromatic N) is 6. The van der Waals surface area contributed by atoms with E-state index in [1.165, 1.54) is 252 Å². The van der Waals surface area contributed by atoms with Gasteiger partial charge in [-0.2, -0.15) is 0 Å². The van der Waals surface area contributed by atoms with Crippen LogP contribution in [0.2, 0.25) is 0 Å². The number of hydrogen-bond donors (Lipinski definition) is 0. The van der Waals surface area contributed by atoms with Crippen molar-refractivity contribution in [2.24, 2.45) is 0 Å². The quantitative estimate of drug-likeness (QED) is 0.129. The third kappa shape index (κ3) is 11.9. The third-order valence-electron chi connectivity index (χ3n) is 28.0. The zero-order valence-electron chi connectivity index (χ0n) is 73.0. The van der Waals surface area contributed by atoms with Gasteiger partial charge in [0.05, 0.1) is 71.9 Å². The minimum absolute atomic E-state index is 1.17. The van der Waals surface area contributed by atoms with Crippen molar-refractivity contribution in [1.29, 1.82) is 0 Å². The van der Waals surface area contributed by atoms with Crippen molar-refractivity contribution in [3.8, 4) is 67.5 Å². The largest absolute Gasteiger partial charge is 0.309 e. The molecule has 6 heteroatoms. The molecule has 6 nitrogen and oxygen atoms in total. The Morgan fingerprint density at radius 2 is 0.313 bits per heavy atom. The van der Waals surface area contributed by atoms with Crippen LogP contribution in [0, 0.1) is 0 Å². The van der Waals surface area contributed by atoms with Crippen LogP contribution >= 0.6 is 0 Å². The fourth-order valence-electron chi connectivity index (χ4n) is 22.4. The maximum Gasteiger partial charge on any atom is 0.0547 e. The highest BCUT2D eigenvalue weighted by Crippen LogP contribution is 2.50. The van der Waals surface area contributed by atoms with Crippen LogP contribution in [0.3, 0.4) is 0 Å². The van der Waals surface area contributed by atoms with E-state index in [1.54, 1.807) is 0 Å². The number of hydrogen-bond acceptors (Lipinski definition) is 0. The van der Waals surface area contributed by atoms with E-state index in [0.29, 0.717) is 0 Å². The number of benzene rings is 23. The molecule has 134 heavy (non-hydrogen) atoms. The van der Waals surface area contributed by atoms with E-state index in [-0.39, 0.29) is 0 Å². The Labute approximate surface area is 771 Å². The fourth-order valence-corrected chi connectivity index (χ4v) is 22.4. The lowest BCUT2D eigenvalue weighted by molar-refractivity contribution is 1.18. The van der Waals surface area contributed by atoms with Crippen molar-refractivity contribution < 1.29 is 0 Å². The summed E-state index contributed by atoms with van der Waals surface area (Å²) in [6, 6.07) is 181. The molecule has 29 rings (SSSR count). The second-order valence-electron chi connectivity index (χ2n) is 35.2. The summed E-state index contributed by atoms with van der Waals surface area (Å²) in [7, 11) is 0. The van der Waals surface area contributed by atoms with Crippen molar-refractivity contribution >= 4 is 185 Å². The number of rotatable bonds is 9. The first-order valence-electron chi connectivity index (χ1n) is 46.2. The van der Waals surface area contributed by atoms with Crippen LogP contribution < -0.4 is 0 Å². The van der Waals surface area contributed by atoms with Crippen LogP contribution in [-0.4, -0.2) is 27.4 Å². The van der Waals surface area contributed by atoms with Crippen LogP contribution in [-0.2, 0) is 0 Å². The highest BCUT2D eigenvalue weighted by Gasteiger charge is 2.27. The van der Waals surface area contributed by atoms with Gasteiger partial charge in [0.2, 0.25) is 0 Å². The average molecular weight is 1700 g/mol. The van der Waals surface area contributed by atoms with Gasteiger partial charge in [-0.1, -0.05) is 358 Å². The monoisotopic (exact) mass is 1700 g/mol. The van der Waals surface area contributed by atoms with Gasteiger partial charge >= 0.3 is 0 Å². The van der Waals surface area contributed by atoms with Gasteiger partial charge in [0.1, 0.15) is 0 Å². The van der Waals surface area contributed by atoms with Crippen LogP contribution in [0.1, 0.15) is 0 Å². The Balaban J connectivity index is 0.000000102. The summed E-state index contributed by atoms with van der Waals surface area (Å²) in [6.45, 7) is 0. The van der Waals surface area contributed by atoms with Crippen LogP contribution in [0.25, 0.3) is 252 Å². The molecule has 0 spiro atoms. The predicted octanol–water partition coefficient (Wildman–Crippen LogP) is 34.4. The summed E-state index contributed by atoms with van der Waals surface area (Å²) in [5, 5.41) is 27.8. The molecule has 23 aromatic carbocycles. The molecule has 624 valence electrons. The molecule has 6 aromatic heterocycles. The van der Waals surface area contributed by atoms with E-state index < -0.39 is 0 Å². The molecule has 0 bridgehead atoms. The normalized spacial score (nSPS) is 11.9. The number of aromatic nitrogens is 6. The van der Waals surface area contributed by atoms with Crippen molar-refractivity contribution in [3.63, 3.8) is 0 Å². The molecule has 0 amide bonds. The Kier molecular flexibility index (Phi) is 17.6. The van der Waals surface area contributed by atoms with E-state index in [1.807, 2.05) is 0 Å². The minimum atomic E-state index is 1.17. The van der Waals surface area contributed by atoms with Gasteiger partial charge in [0, 0.05) is 98.5 Å². The molecule has 0 saturated carbocycles. The van der Waals surface area contributed by atoms with Crippen LogP contribution in [0.15, 0.2) is 497 Å². The summed E-state index contributed by atoms with van der Waals surface area (Å²) < 4.78 is 14.6. The molecule has 0 N–H and O–H groups in total. The molecular weight excluding hydrogens is 1620 g/mol. The number of fused-ring (bicyclic) bond motifs is 24. The summed E-state index contributed by atoms with van der Waals surface area (Å²) in [5.74, 6) is 0. The van der Waals surface area contributed by atoms with Gasteiger partial charge in [-0.05, 0) is 221 Å². The van der Waals surface area contributed by atoms with Crippen molar-refractivity contribution in [2.75, 3.05) is 0 Å². The Bertz CT molecular complexity index is 9660. The van der Waals surface area contributed by atoms with Crippen molar-refractivity contribution in [3.05, 3.63) is 497 Å². The zero-order valence-corrected chi connectivity index (χ0v) is 73.0. The molecule has 0 aliphatic rings. The topological polar surface area (TPSA) is 29.6 Å². The molecule has 0 aliphatic carbocycles. The smallest absolute Gasteiger partial charge is 0.0547 e. The Hall–Kier alpha value is -17.8. The summed E-state index contributed by atoms with van der Waals surface area (Å²) in [5.41, 5.74) is 29.2. The first-order valence-corrected chi connectivity index (χ1v) is 46.2. The van der Waals surface area contributed by atoms with Gasteiger partial charge in [0.15, 0.2) is 0 Å². The van der Waals surface area contributed by atoms with E-state index in [4.69, 9.17) is 0 Å². The lowest BCUT2D eigenvalue weighted by atomic mass is 9.95. The Morgan fingerprint density at radius 1 is 0.104 bits per heavy atom. The zero-order chi connectivity index (χ0) is 88.0. The van der Waals surface area contributed by atoms with E-state index in [2.05, 4.69) is 525 Å². The average Bonchev–Trinajstić information content (AvgIpc) is 1.56. The van der Waals surface area contributed by atoms with E-state index in [9.17, 15) is 0 Å². The number of para-hydroxylation sites is 8. The maximum atomic E-state index is 2.48. The lowest BCUT2D eigenvalue weighted by Crippen LogP contribution is -1.96. The third-order valence-corrected chi connectivity index (χ3v) is 28.0. The summed E-state index contributed by atoms with van der Waals surface area (Å²) in [6.07, 6.45) is 0. The maximum absolute atomic E-state index is 2.48. The fraction of sp³-hybridized carbons (Fsp3) is 0. The van der Waals surface area contributed by atoms with Crippen molar-refractivity contribution in [2.45, 2.75) is 0 Å².